The Kier molecular flexibility index (Phi) is 6.33. The van der Waals surface area contributed by atoms with Gasteiger partial charge in [-0.15, -0.1) is 5.10 Å². The number of carbonyl (C=O) groups excluding carboxylic acids is 1. The Bertz CT molecular complexity index is 766. The third-order valence-corrected chi connectivity index (χ3v) is 5.34. The van der Waals surface area contributed by atoms with Crippen LogP contribution in [0.1, 0.15) is 19.8 Å². The minimum Gasteiger partial charge on any atom is -0.495 e. The van der Waals surface area contributed by atoms with Gasteiger partial charge in [-0.05, 0) is 48.4 Å². The first-order valence-corrected chi connectivity index (χ1v) is 9.51. The number of benzene rings is 1. The maximum atomic E-state index is 12.5. The highest BCUT2D eigenvalue weighted by molar-refractivity contribution is 8.00. The molecule has 0 radical (unpaired) electrons. The molecule has 1 amide bonds. The van der Waals surface area contributed by atoms with Gasteiger partial charge in [0.15, 0.2) is 0 Å². The van der Waals surface area contributed by atoms with Crippen molar-refractivity contribution in [1.29, 1.82) is 0 Å². The summed E-state index contributed by atoms with van der Waals surface area (Å²) in [4.78, 5) is 12.5. The molecular formula is C16H20ClN5O3S. The zero-order valence-electron chi connectivity index (χ0n) is 14.5. The summed E-state index contributed by atoms with van der Waals surface area (Å²) < 4.78 is 12.4. The summed E-state index contributed by atoms with van der Waals surface area (Å²) >= 11 is 7.39. The number of nitrogens with zero attached hydrogens (tertiary/aromatic N) is 4. The molecule has 1 saturated heterocycles. The highest BCUT2D eigenvalue weighted by Crippen LogP contribution is 2.28. The van der Waals surface area contributed by atoms with E-state index in [9.17, 15) is 4.79 Å². The molecule has 1 aliphatic heterocycles. The number of anilines is 1. The molecule has 0 aliphatic carbocycles. The van der Waals surface area contributed by atoms with E-state index in [1.165, 1.54) is 11.8 Å². The Morgan fingerprint density at radius 3 is 3.12 bits per heavy atom. The number of methoxy groups -OCH3 is 1. The number of rotatable bonds is 7. The van der Waals surface area contributed by atoms with Crippen molar-refractivity contribution in [2.45, 2.75) is 42.8 Å². The predicted octanol–water partition coefficient (Wildman–Crippen LogP) is 2.63. The summed E-state index contributed by atoms with van der Waals surface area (Å²) in [7, 11) is 1.54. The molecule has 0 bridgehead atoms. The highest BCUT2D eigenvalue weighted by Gasteiger charge is 2.22. The lowest BCUT2D eigenvalue weighted by atomic mass is 10.2. The minimum atomic E-state index is -0.384. The number of halogens is 1. The van der Waals surface area contributed by atoms with Crippen LogP contribution in [0, 0.1) is 0 Å². The first-order chi connectivity index (χ1) is 12.6. The van der Waals surface area contributed by atoms with Crippen molar-refractivity contribution in [2.24, 2.45) is 0 Å². The number of nitrogens with one attached hydrogen (secondary N) is 1. The van der Waals surface area contributed by atoms with Crippen molar-refractivity contribution in [1.82, 2.24) is 20.2 Å². The Labute approximate surface area is 160 Å². The maximum Gasteiger partial charge on any atom is 0.237 e. The lowest BCUT2D eigenvalue weighted by Crippen LogP contribution is -2.23. The molecule has 0 saturated carbocycles. The molecule has 1 fully saturated rings. The Hall–Kier alpha value is -1.84. The van der Waals surface area contributed by atoms with Crippen LogP contribution in [0.5, 0.6) is 5.75 Å². The van der Waals surface area contributed by atoms with E-state index in [0.29, 0.717) is 28.2 Å². The van der Waals surface area contributed by atoms with E-state index >= 15 is 0 Å². The largest absolute Gasteiger partial charge is 0.495 e. The molecule has 1 aliphatic rings. The van der Waals surface area contributed by atoms with E-state index in [1.54, 1.807) is 36.9 Å². The van der Waals surface area contributed by atoms with Gasteiger partial charge in [-0.3, -0.25) is 4.79 Å². The van der Waals surface area contributed by atoms with Gasteiger partial charge in [0.05, 0.1) is 30.0 Å². The smallest absolute Gasteiger partial charge is 0.237 e. The summed E-state index contributed by atoms with van der Waals surface area (Å²) in [6, 6.07) is 5.09. The van der Waals surface area contributed by atoms with Crippen molar-refractivity contribution in [3.63, 3.8) is 0 Å². The second-order valence-electron chi connectivity index (χ2n) is 5.88. The molecule has 1 aromatic carbocycles. The van der Waals surface area contributed by atoms with Crippen LogP contribution in [0.15, 0.2) is 23.4 Å². The quantitative estimate of drug-likeness (QED) is 0.718. The SMILES string of the molecule is COc1ccc(NC(=O)C(C)Sc2nnnn2CC2CCCO2)cc1Cl. The molecule has 1 aromatic heterocycles. The number of tetrazole rings is 1. The van der Waals surface area contributed by atoms with Gasteiger partial charge in [-0.1, -0.05) is 23.4 Å². The fraction of sp³-hybridized carbons (Fsp3) is 0.500. The van der Waals surface area contributed by atoms with E-state index in [0.717, 1.165) is 19.4 Å². The van der Waals surface area contributed by atoms with Crippen molar-refractivity contribution in [3.8, 4) is 5.75 Å². The summed E-state index contributed by atoms with van der Waals surface area (Å²) in [6.07, 6.45) is 2.18. The van der Waals surface area contributed by atoms with Crippen LogP contribution in [0.25, 0.3) is 0 Å². The molecule has 2 aromatic rings. The van der Waals surface area contributed by atoms with Gasteiger partial charge in [0.1, 0.15) is 5.75 Å². The molecule has 0 spiro atoms. The fourth-order valence-corrected chi connectivity index (χ4v) is 3.63. The third-order valence-electron chi connectivity index (χ3n) is 3.97. The van der Waals surface area contributed by atoms with E-state index in [-0.39, 0.29) is 17.3 Å². The van der Waals surface area contributed by atoms with Crippen LogP contribution in [-0.4, -0.2) is 51.2 Å². The second-order valence-corrected chi connectivity index (χ2v) is 7.59. The lowest BCUT2D eigenvalue weighted by Gasteiger charge is -2.14. The van der Waals surface area contributed by atoms with Gasteiger partial charge in [0, 0.05) is 12.3 Å². The predicted molar refractivity (Wildman–Crippen MR) is 98.7 cm³/mol. The number of thioether (sulfide) groups is 1. The molecule has 10 heteroatoms. The molecule has 8 nitrogen and oxygen atoms in total. The van der Waals surface area contributed by atoms with Gasteiger partial charge in [-0.25, -0.2) is 4.68 Å². The molecule has 2 atom stereocenters. The van der Waals surface area contributed by atoms with Crippen molar-refractivity contribution in [3.05, 3.63) is 23.2 Å². The Balaban J connectivity index is 1.59. The topological polar surface area (TPSA) is 91.2 Å². The Morgan fingerprint density at radius 2 is 2.42 bits per heavy atom. The zero-order valence-corrected chi connectivity index (χ0v) is 16.1. The van der Waals surface area contributed by atoms with Crippen molar-refractivity contribution in [2.75, 3.05) is 19.0 Å². The third kappa shape index (κ3) is 4.66. The second kappa shape index (κ2) is 8.70. The number of carbonyl (C=O) groups is 1. The average molecular weight is 398 g/mol. The van der Waals surface area contributed by atoms with Gasteiger partial charge in [-0.2, -0.15) is 0 Å². The summed E-state index contributed by atoms with van der Waals surface area (Å²) in [5.41, 5.74) is 0.604. The highest BCUT2D eigenvalue weighted by atomic mass is 35.5. The molecular weight excluding hydrogens is 378 g/mol. The molecule has 2 heterocycles. The first-order valence-electron chi connectivity index (χ1n) is 8.25. The number of hydrogen-bond donors (Lipinski definition) is 1. The summed E-state index contributed by atoms with van der Waals surface area (Å²) in [5, 5.41) is 15.2. The normalized spacial score (nSPS) is 17.9. The van der Waals surface area contributed by atoms with Crippen molar-refractivity contribution < 1.29 is 14.3 Å². The van der Waals surface area contributed by atoms with E-state index in [2.05, 4.69) is 20.8 Å². The number of amides is 1. The Morgan fingerprint density at radius 1 is 1.58 bits per heavy atom. The standard InChI is InChI=1S/C16H20ClN5O3S/c1-10(15(23)18-11-5-6-14(24-2)13(17)8-11)26-16-19-20-21-22(16)9-12-4-3-7-25-12/h5-6,8,10,12H,3-4,7,9H2,1-2H3,(H,18,23). The number of aromatic nitrogens is 4. The first kappa shape index (κ1) is 18.9. The van der Waals surface area contributed by atoms with E-state index in [1.807, 2.05) is 0 Å². The lowest BCUT2D eigenvalue weighted by molar-refractivity contribution is -0.115. The molecule has 1 N–H and O–H groups in total. The van der Waals surface area contributed by atoms with Gasteiger partial charge >= 0.3 is 0 Å². The van der Waals surface area contributed by atoms with Gasteiger partial charge in [0.25, 0.3) is 0 Å². The van der Waals surface area contributed by atoms with Gasteiger partial charge < -0.3 is 14.8 Å². The number of ether oxygens (including phenoxy) is 2. The molecule has 140 valence electrons. The number of hydrogen-bond acceptors (Lipinski definition) is 7. The monoisotopic (exact) mass is 397 g/mol. The molecule has 26 heavy (non-hydrogen) atoms. The van der Waals surface area contributed by atoms with E-state index in [4.69, 9.17) is 21.1 Å². The zero-order chi connectivity index (χ0) is 18.5. The maximum absolute atomic E-state index is 12.5. The van der Waals surface area contributed by atoms with Crippen LogP contribution in [-0.2, 0) is 16.1 Å². The van der Waals surface area contributed by atoms with Crippen molar-refractivity contribution >= 4 is 35.0 Å². The van der Waals surface area contributed by atoms with E-state index < -0.39 is 0 Å². The average Bonchev–Trinajstić information content (AvgIpc) is 3.28. The summed E-state index contributed by atoms with van der Waals surface area (Å²) in [6.45, 7) is 3.17. The van der Waals surface area contributed by atoms with Crippen LogP contribution < -0.4 is 10.1 Å². The summed E-state index contributed by atoms with van der Waals surface area (Å²) in [5.74, 6) is 0.392. The minimum absolute atomic E-state index is 0.128. The van der Waals surface area contributed by atoms with Crippen LogP contribution >= 0.6 is 23.4 Å². The van der Waals surface area contributed by atoms with Crippen LogP contribution in [0.4, 0.5) is 5.69 Å². The fourth-order valence-electron chi connectivity index (χ4n) is 2.58. The molecule has 2 unspecified atom stereocenters. The molecule has 3 rings (SSSR count). The van der Waals surface area contributed by atoms with Crippen LogP contribution in [0.2, 0.25) is 5.02 Å². The van der Waals surface area contributed by atoms with Gasteiger partial charge in [0.2, 0.25) is 11.1 Å². The van der Waals surface area contributed by atoms with Crippen LogP contribution in [0.3, 0.4) is 0 Å².